The Balaban J connectivity index is 1.74. The number of benzene rings is 1. The number of hydrogen-bond acceptors (Lipinski definition) is 3. The van der Waals surface area contributed by atoms with Crippen LogP contribution in [0.5, 0.6) is 0 Å². The van der Waals surface area contributed by atoms with E-state index in [4.69, 9.17) is 11.6 Å². The van der Waals surface area contributed by atoms with Crippen molar-refractivity contribution in [3.63, 3.8) is 0 Å². The lowest BCUT2D eigenvalue weighted by atomic mass is 10.2. The number of amides is 1. The van der Waals surface area contributed by atoms with Gasteiger partial charge in [-0.2, -0.15) is 0 Å². The lowest BCUT2D eigenvalue weighted by Gasteiger charge is -2.16. The number of carbonyl (C=O) groups excluding carboxylic acids is 1. The van der Waals surface area contributed by atoms with Gasteiger partial charge >= 0.3 is 0 Å². The van der Waals surface area contributed by atoms with Crippen LogP contribution in [0, 0.1) is 11.6 Å². The zero-order valence-corrected chi connectivity index (χ0v) is 12.9. The summed E-state index contributed by atoms with van der Waals surface area (Å²) in [6.45, 7) is 1.95. The number of carbonyl (C=O) groups is 1. The van der Waals surface area contributed by atoms with Gasteiger partial charge in [-0.05, 0) is 37.1 Å². The molecule has 4 nitrogen and oxygen atoms in total. The number of halogens is 3. The van der Waals surface area contributed by atoms with Gasteiger partial charge in [0.05, 0.1) is 22.5 Å². The van der Waals surface area contributed by atoms with Crippen LogP contribution in [0.15, 0.2) is 30.5 Å². The van der Waals surface area contributed by atoms with Crippen LogP contribution in [-0.2, 0) is 0 Å². The van der Waals surface area contributed by atoms with Crippen LogP contribution in [0.3, 0.4) is 0 Å². The first kappa shape index (κ1) is 15.7. The number of rotatable bonds is 3. The SMILES string of the molecule is O=C(Nc1ccc(N2CCCC2)nc1)c1cc(F)c(F)cc1Cl. The third kappa shape index (κ3) is 3.42. The predicted octanol–water partition coefficient (Wildman–Crippen LogP) is 3.87. The molecule has 120 valence electrons. The van der Waals surface area contributed by atoms with Crippen molar-refractivity contribution in [2.45, 2.75) is 12.8 Å². The van der Waals surface area contributed by atoms with Crippen molar-refractivity contribution in [2.75, 3.05) is 23.3 Å². The summed E-state index contributed by atoms with van der Waals surface area (Å²) < 4.78 is 26.3. The lowest BCUT2D eigenvalue weighted by molar-refractivity contribution is 0.102. The van der Waals surface area contributed by atoms with E-state index in [9.17, 15) is 13.6 Å². The minimum Gasteiger partial charge on any atom is -0.357 e. The fraction of sp³-hybridized carbons (Fsp3) is 0.250. The van der Waals surface area contributed by atoms with Crippen LogP contribution in [0.25, 0.3) is 0 Å². The topological polar surface area (TPSA) is 45.2 Å². The van der Waals surface area contributed by atoms with E-state index < -0.39 is 17.5 Å². The molecule has 1 aromatic heterocycles. The molecule has 0 atom stereocenters. The smallest absolute Gasteiger partial charge is 0.257 e. The summed E-state index contributed by atoms with van der Waals surface area (Å²) in [5.74, 6) is -1.98. The highest BCUT2D eigenvalue weighted by Gasteiger charge is 2.16. The second-order valence-electron chi connectivity index (χ2n) is 5.30. The van der Waals surface area contributed by atoms with Gasteiger partial charge in [-0.15, -0.1) is 0 Å². The second kappa shape index (κ2) is 6.50. The first-order chi connectivity index (χ1) is 11.0. The molecule has 1 aliphatic heterocycles. The molecule has 1 aromatic carbocycles. The molecule has 3 rings (SSSR count). The summed E-state index contributed by atoms with van der Waals surface area (Å²) in [7, 11) is 0. The Morgan fingerprint density at radius 1 is 1.17 bits per heavy atom. The quantitative estimate of drug-likeness (QED) is 0.865. The highest BCUT2D eigenvalue weighted by Crippen LogP contribution is 2.22. The van der Waals surface area contributed by atoms with E-state index in [1.807, 2.05) is 6.07 Å². The van der Waals surface area contributed by atoms with Crippen LogP contribution < -0.4 is 10.2 Å². The highest BCUT2D eigenvalue weighted by molar-refractivity contribution is 6.34. The fourth-order valence-electron chi connectivity index (χ4n) is 2.49. The van der Waals surface area contributed by atoms with Gasteiger partial charge in [-0.1, -0.05) is 11.6 Å². The maximum Gasteiger partial charge on any atom is 0.257 e. The standard InChI is InChI=1S/C16H14ClF2N3O/c17-12-8-14(19)13(18)7-11(12)16(23)21-10-3-4-15(20-9-10)22-5-1-2-6-22/h3-4,7-9H,1-2,5-6H2,(H,21,23). The maximum atomic E-state index is 13.3. The zero-order chi connectivity index (χ0) is 16.4. The van der Waals surface area contributed by atoms with Crippen molar-refractivity contribution >= 4 is 29.0 Å². The van der Waals surface area contributed by atoms with Gasteiger partial charge in [0, 0.05) is 13.1 Å². The molecule has 1 saturated heterocycles. The summed E-state index contributed by atoms with van der Waals surface area (Å²) in [5, 5.41) is 2.42. The third-order valence-electron chi connectivity index (χ3n) is 3.69. The molecule has 0 saturated carbocycles. The Hall–Kier alpha value is -2.21. The van der Waals surface area contributed by atoms with Crippen LogP contribution in [0.2, 0.25) is 5.02 Å². The van der Waals surface area contributed by atoms with Crippen molar-refractivity contribution in [3.05, 3.63) is 52.7 Å². The molecule has 1 amide bonds. The number of anilines is 2. The van der Waals surface area contributed by atoms with Crippen molar-refractivity contribution in [1.29, 1.82) is 0 Å². The largest absolute Gasteiger partial charge is 0.357 e. The summed E-state index contributed by atoms with van der Waals surface area (Å²) >= 11 is 5.78. The summed E-state index contributed by atoms with van der Waals surface area (Å²) in [5.41, 5.74) is 0.327. The number of pyridine rings is 1. The molecule has 0 bridgehead atoms. The molecule has 2 heterocycles. The Kier molecular flexibility index (Phi) is 4.43. The minimum absolute atomic E-state index is 0.130. The molecule has 0 spiro atoms. The number of hydrogen-bond donors (Lipinski definition) is 1. The molecule has 1 N–H and O–H groups in total. The molecule has 2 aromatic rings. The van der Waals surface area contributed by atoms with E-state index in [2.05, 4.69) is 15.2 Å². The Morgan fingerprint density at radius 3 is 2.52 bits per heavy atom. The van der Waals surface area contributed by atoms with E-state index >= 15 is 0 Å². The molecule has 0 unspecified atom stereocenters. The fourth-order valence-corrected chi connectivity index (χ4v) is 2.72. The van der Waals surface area contributed by atoms with Gasteiger partial charge < -0.3 is 10.2 Å². The average Bonchev–Trinajstić information content (AvgIpc) is 3.06. The molecule has 23 heavy (non-hydrogen) atoms. The number of nitrogens with zero attached hydrogens (tertiary/aromatic N) is 2. The van der Waals surface area contributed by atoms with Crippen LogP contribution >= 0.6 is 11.6 Å². The monoisotopic (exact) mass is 337 g/mol. The molecular weight excluding hydrogens is 324 g/mol. The first-order valence-corrected chi connectivity index (χ1v) is 7.59. The Labute approximate surface area is 137 Å². The van der Waals surface area contributed by atoms with Crippen LogP contribution in [0.4, 0.5) is 20.3 Å². The van der Waals surface area contributed by atoms with Crippen LogP contribution in [-0.4, -0.2) is 24.0 Å². The van der Waals surface area contributed by atoms with E-state index in [0.717, 1.165) is 43.9 Å². The van der Waals surface area contributed by atoms with Crippen molar-refractivity contribution in [3.8, 4) is 0 Å². The normalized spacial score (nSPS) is 14.1. The van der Waals surface area contributed by atoms with E-state index in [1.54, 1.807) is 6.07 Å². The number of nitrogens with one attached hydrogen (secondary N) is 1. The molecule has 0 radical (unpaired) electrons. The molecule has 0 aliphatic carbocycles. The van der Waals surface area contributed by atoms with E-state index in [1.165, 1.54) is 6.20 Å². The lowest BCUT2D eigenvalue weighted by Crippen LogP contribution is -2.19. The van der Waals surface area contributed by atoms with Crippen molar-refractivity contribution < 1.29 is 13.6 Å². The van der Waals surface area contributed by atoms with Crippen molar-refractivity contribution in [2.24, 2.45) is 0 Å². The summed E-state index contributed by atoms with van der Waals surface area (Å²) in [6, 6.07) is 5.08. The zero-order valence-electron chi connectivity index (χ0n) is 12.2. The average molecular weight is 338 g/mol. The molecule has 1 aliphatic rings. The molecular formula is C16H14ClF2N3O. The number of aromatic nitrogens is 1. The van der Waals surface area contributed by atoms with Gasteiger partial charge in [0.1, 0.15) is 5.82 Å². The summed E-state index contributed by atoms with van der Waals surface area (Å²) in [6.07, 6.45) is 3.82. The maximum absolute atomic E-state index is 13.3. The van der Waals surface area contributed by atoms with Gasteiger partial charge in [-0.25, -0.2) is 13.8 Å². The van der Waals surface area contributed by atoms with E-state index in [-0.39, 0.29) is 10.6 Å². The minimum atomic E-state index is -1.12. The van der Waals surface area contributed by atoms with E-state index in [0.29, 0.717) is 5.69 Å². The van der Waals surface area contributed by atoms with Gasteiger partial charge in [0.15, 0.2) is 11.6 Å². The predicted molar refractivity (Wildman–Crippen MR) is 85.0 cm³/mol. The Morgan fingerprint density at radius 2 is 1.87 bits per heavy atom. The Bertz CT molecular complexity index is 731. The van der Waals surface area contributed by atoms with Gasteiger partial charge in [0.2, 0.25) is 0 Å². The van der Waals surface area contributed by atoms with Gasteiger partial charge in [0.25, 0.3) is 5.91 Å². The second-order valence-corrected chi connectivity index (χ2v) is 5.71. The van der Waals surface area contributed by atoms with Crippen LogP contribution in [0.1, 0.15) is 23.2 Å². The molecule has 7 heteroatoms. The molecule has 1 fully saturated rings. The highest BCUT2D eigenvalue weighted by atomic mass is 35.5. The summed E-state index contributed by atoms with van der Waals surface area (Å²) in [4.78, 5) is 18.6. The first-order valence-electron chi connectivity index (χ1n) is 7.21. The van der Waals surface area contributed by atoms with Gasteiger partial charge in [-0.3, -0.25) is 4.79 Å². The van der Waals surface area contributed by atoms with Crippen molar-refractivity contribution in [1.82, 2.24) is 4.98 Å². The third-order valence-corrected chi connectivity index (χ3v) is 4.00.